The Morgan fingerprint density at radius 1 is 1.21 bits per heavy atom. The van der Waals surface area contributed by atoms with Crippen LogP contribution in [0.3, 0.4) is 0 Å². The zero-order chi connectivity index (χ0) is 17.4. The second-order valence-corrected chi connectivity index (χ2v) is 5.84. The van der Waals surface area contributed by atoms with Gasteiger partial charge in [0.15, 0.2) is 6.61 Å². The number of phenols is 1. The second-order valence-electron chi connectivity index (χ2n) is 5.84. The van der Waals surface area contributed by atoms with Crippen molar-refractivity contribution in [3.63, 3.8) is 0 Å². The van der Waals surface area contributed by atoms with E-state index in [1.807, 2.05) is 42.5 Å². The van der Waals surface area contributed by atoms with Gasteiger partial charge in [0.05, 0.1) is 0 Å². The standard InChI is InChI=1S/C19H24N2O3/c1-14(21-11-10-16-4-2-3-5-18(16)22)12-15-6-8-17(9-7-15)24-13-19(20)23/h2-9,14,21-22H,10-13H2,1H3,(H2,20,23)/t14-/m1/s1. The van der Waals surface area contributed by atoms with Crippen molar-refractivity contribution < 1.29 is 14.6 Å². The molecule has 0 aliphatic rings. The third-order valence-electron chi connectivity index (χ3n) is 3.73. The molecule has 2 aromatic rings. The first-order valence-electron chi connectivity index (χ1n) is 8.05. The molecule has 5 nitrogen and oxygen atoms in total. The number of hydrogen-bond donors (Lipinski definition) is 3. The number of nitrogens with two attached hydrogens (primary N) is 1. The van der Waals surface area contributed by atoms with Gasteiger partial charge in [0.25, 0.3) is 5.91 Å². The van der Waals surface area contributed by atoms with Gasteiger partial charge in [-0.2, -0.15) is 0 Å². The van der Waals surface area contributed by atoms with Crippen LogP contribution in [0.15, 0.2) is 48.5 Å². The third-order valence-corrected chi connectivity index (χ3v) is 3.73. The van der Waals surface area contributed by atoms with Gasteiger partial charge in [-0.25, -0.2) is 0 Å². The van der Waals surface area contributed by atoms with Gasteiger partial charge in [-0.3, -0.25) is 4.79 Å². The SMILES string of the molecule is C[C@H](Cc1ccc(OCC(N)=O)cc1)NCCc1ccccc1O. The number of hydrogen-bond acceptors (Lipinski definition) is 4. The van der Waals surface area contributed by atoms with E-state index in [0.717, 1.165) is 24.9 Å². The molecule has 24 heavy (non-hydrogen) atoms. The third kappa shape index (κ3) is 5.93. The molecule has 5 heteroatoms. The van der Waals surface area contributed by atoms with E-state index in [0.29, 0.717) is 17.5 Å². The molecular formula is C19H24N2O3. The van der Waals surface area contributed by atoms with Gasteiger partial charge in [0.1, 0.15) is 11.5 Å². The number of carbonyl (C=O) groups excluding carboxylic acids is 1. The second kappa shape index (κ2) is 8.93. The van der Waals surface area contributed by atoms with Crippen LogP contribution in [0.4, 0.5) is 0 Å². The number of rotatable bonds is 9. The van der Waals surface area contributed by atoms with Gasteiger partial charge in [-0.1, -0.05) is 30.3 Å². The van der Waals surface area contributed by atoms with Gasteiger partial charge in [-0.15, -0.1) is 0 Å². The zero-order valence-electron chi connectivity index (χ0n) is 13.9. The number of carbonyl (C=O) groups is 1. The van der Waals surface area contributed by atoms with Crippen LogP contribution in [0.25, 0.3) is 0 Å². The number of benzene rings is 2. The van der Waals surface area contributed by atoms with Gasteiger partial charge >= 0.3 is 0 Å². The molecule has 2 rings (SSSR count). The summed E-state index contributed by atoms with van der Waals surface area (Å²) in [5.74, 6) is 0.498. The molecular weight excluding hydrogens is 304 g/mol. The van der Waals surface area contributed by atoms with Crippen LogP contribution in [-0.2, 0) is 17.6 Å². The predicted molar refractivity (Wildman–Crippen MR) is 94.1 cm³/mol. The molecule has 0 fully saturated rings. The molecule has 0 aliphatic heterocycles. The molecule has 0 saturated heterocycles. The summed E-state index contributed by atoms with van der Waals surface area (Å²) < 4.78 is 5.24. The number of para-hydroxylation sites is 1. The van der Waals surface area contributed by atoms with Crippen molar-refractivity contribution in [2.75, 3.05) is 13.2 Å². The summed E-state index contributed by atoms with van der Waals surface area (Å²) in [6, 6.07) is 15.4. The Hall–Kier alpha value is -2.53. The summed E-state index contributed by atoms with van der Waals surface area (Å²) in [4.78, 5) is 10.7. The Morgan fingerprint density at radius 3 is 2.58 bits per heavy atom. The fourth-order valence-electron chi connectivity index (χ4n) is 2.48. The fourth-order valence-corrected chi connectivity index (χ4v) is 2.48. The smallest absolute Gasteiger partial charge is 0.255 e. The first-order valence-corrected chi connectivity index (χ1v) is 8.05. The molecule has 128 valence electrons. The number of amides is 1. The average Bonchev–Trinajstić information content (AvgIpc) is 2.56. The Kier molecular flexibility index (Phi) is 6.63. The summed E-state index contributed by atoms with van der Waals surface area (Å²) in [7, 11) is 0. The molecule has 0 radical (unpaired) electrons. The summed E-state index contributed by atoms with van der Waals surface area (Å²) in [5.41, 5.74) is 7.18. The van der Waals surface area contributed by atoms with E-state index in [1.54, 1.807) is 6.07 Å². The van der Waals surface area contributed by atoms with E-state index in [-0.39, 0.29) is 6.61 Å². The van der Waals surface area contributed by atoms with Crippen LogP contribution in [0, 0.1) is 0 Å². The van der Waals surface area contributed by atoms with Crippen LogP contribution in [0.1, 0.15) is 18.1 Å². The first kappa shape index (κ1) is 17.8. The summed E-state index contributed by atoms with van der Waals surface area (Å²) in [5, 5.41) is 13.2. The summed E-state index contributed by atoms with van der Waals surface area (Å²) in [6.07, 6.45) is 1.67. The Labute approximate surface area is 142 Å². The summed E-state index contributed by atoms with van der Waals surface area (Å²) in [6.45, 7) is 2.82. The molecule has 0 aliphatic carbocycles. The van der Waals surface area contributed by atoms with Crippen LogP contribution in [-0.4, -0.2) is 30.2 Å². The minimum absolute atomic E-state index is 0.108. The lowest BCUT2D eigenvalue weighted by molar-refractivity contribution is -0.119. The molecule has 0 spiro atoms. The largest absolute Gasteiger partial charge is 0.508 e. The predicted octanol–water partition coefficient (Wildman–Crippen LogP) is 2.02. The van der Waals surface area contributed by atoms with E-state index in [2.05, 4.69) is 12.2 Å². The lowest BCUT2D eigenvalue weighted by atomic mass is 10.1. The highest BCUT2D eigenvalue weighted by atomic mass is 16.5. The van der Waals surface area contributed by atoms with E-state index < -0.39 is 5.91 Å². The van der Waals surface area contributed by atoms with Crippen molar-refractivity contribution in [1.29, 1.82) is 0 Å². The molecule has 0 heterocycles. The maximum atomic E-state index is 10.7. The molecule has 0 unspecified atom stereocenters. The van der Waals surface area contributed by atoms with Crippen molar-refractivity contribution in [3.8, 4) is 11.5 Å². The molecule has 0 saturated carbocycles. The Bertz CT molecular complexity index is 656. The first-order chi connectivity index (χ1) is 11.5. The van der Waals surface area contributed by atoms with Crippen LogP contribution >= 0.6 is 0 Å². The number of phenolic OH excluding ortho intramolecular Hbond substituents is 1. The Balaban J connectivity index is 1.74. The van der Waals surface area contributed by atoms with E-state index >= 15 is 0 Å². The van der Waals surface area contributed by atoms with Crippen molar-refractivity contribution in [2.45, 2.75) is 25.8 Å². The highest BCUT2D eigenvalue weighted by Crippen LogP contribution is 2.16. The molecule has 2 aromatic carbocycles. The fraction of sp³-hybridized carbons (Fsp3) is 0.316. The zero-order valence-corrected chi connectivity index (χ0v) is 13.9. The molecule has 0 bridgehead atoms. The van der Waals surface area contributed by atoms with E-state index in [4.69, 9.17) is 10.5 Å². The topological polar surface area (TPSA) is 84.6 Å². The minimum Gasteiger partial charge on any atom is -0.508 e. The van der Waals surface area contributed by atoms with Gasteiger partial charge in [-0.05, 0) is 55.6 Å². The van der Waals surface area contributed by atoms with E-state index in [9.17, 15) is 9.90 Å². The molecule has 0 aromatic heterocycles. The minimum atomic E-state index is -0.485. The maximum absolute atomic E-state index is 10.7. The number of aromatic hydroxyl groups is 1. The molecule has 1 atom stereocenters. The molecule has 1 amide bonds. The lowest BCUT2D eigenvalue weighted by Crippen LogP contribution is -2.30. The van der Waals surface area contributed by atoms with Gasteiger partial charge < -0.3 is 20.9 Å². The van der Waals surface area contributed by atoms with Crippen molar-refractivity contribution in [3.05, 3.63) is 59.7 Å². The van der Waals surface area contributed by atoms with Crippen LogP contribution in [0.5, 0.6) is 11.5 Å². The number of primary amides is 1. The number of nitrogens with one attached hydrogen (secondary N) is 1. The van der Waals surface area contributed by atoms with Crippen molar-refractivity contribution in [1.82, 2.24) is 5.32 Å². The van der Waals surface area contributed by atoms with Crippen LogP contribution < -0.4 is 15.8 Å². The van der Waals surface area contributed by atoms with Gasteiger partial charge in [0.2, 0.25) is 0 Å². The Morgan fingerprint density at radius 2 is 1.92 bits per heavy atom. The van der Waals surface area contributed by atoms with Crippen LogP contribution in [0.2, 0.25) is 0 Å². The van der Waals surface area contributed by atoms with Crippen molar-refractivity contribution in [2.24, 2.45) is 5.73 Å². The maximum Gasteiger partial charge on any atom is 0.255 e. The van der Waals surface area contributed by atoms with E-state index in [1.165, 1.54) is 5.56 Å². The summed E-state index contributed by atoms with van der Waals surface area (Å²) >= 11 is 0. The van der Waals surface area contributed by atoms with Crippen molar-refractivity contribution >= 4 is 5.91 Å². The monoisotopic (exact) mass is 328 g/mol. The highest BCUT2D eigenvalue weighted by molar-refractivity contribution is 5.75. The normalized spacial score (nSPS) is 11.9. The lowest BCUT2D eigenvalue weighted by Gasteiger charge is -2.14. The average molecular weight is 328 g/mol. The van der Waals surface area contributed by atoms with Gasteiger partial charge in [0, 0.05) is 6.04 Å². The quantitative estimate of drug-likeness (QED) is 0.657. The molecule has 4 N–H and O–H groups in total. The number of ether oxygens (including phenoxy) is 1. The highest BCUT2D eigenvalue weighted by Gasteiger charge is 2.05.